The summed E-state index contributed by atoms with van der Waals surface area (Å²) in [4.78, 5) is 18.8. The molecule has 0 saturated carbocycles. The standard InChI is InChI=1S/C22H22N2O3/c1-16-6-2-5-9-20(16)26-15-22(25)24-13-12-18(14-24)27-21-11-10-17-7-3-4-8-19(17)23-21/h2-11,18H,12-15H2,1H3. The lowest BCUT2D eigenvalue weighted by molar-refractivity contribution is -0.132. The number of ether oxygens (including phenoxy) is 2. The molecule has 4 rings (SSSR count). The van der Waals surface area contributed by atoms with Crippen molar-refractivity contribution >= 4 is 16.8 Å². The Kier molecular flexibility index (Phi) is 4.92. The van der Waals surface area contributed by atoms with Gasteiger partial charge in [-0.25, -0.2) is 4.98 Å². The molecular weight excluding hydrogens is 340 g/mol. The molecule has 0 radical (unpaired) electrons. The van der Waals surface area contributed by atoms with E-state index in [2.05, 4.69) is 4.98 Å². The SMILES string of the molecule is Cc1ccccc1OCC(=O)N1CCC(Oc2ccc3ccccc3n2)C1. The van der Waals surface area contributed by atoms with Crippen LogP contribution in [0.3, 0.4) is 0 Å². The molecule has 1 atom stereocenters. The second-order valence-electron chi connectivity index (χ2n) is 6.76. The minimum absolute atomic E-state index is 0.0178. The maximum absolute atomic E-state index is 12.4. The molecule has 5 nitrogen and oxygen atoms in total. The van der Waals surface area contributed by atoms with E-state index < -0.39 is 0 Å². The van der Waals surface area contributed by atoms with Crippen molar-refractivity contribution in [2.45, 2.75) is 19.4 Å². The molecule has 1 amide bonds. The van der Waals surface area contributed by atoms with Crippen molar-refractivity contribution in [1.82, 2.24) is 9.88 Å². The first kappa shape index (κ1) is 17.3. The van der Waals surface area contributed by atoms with E-state index in [0.717, 1.165) is 28.6 Å². The summed E-state index contributed by atoms with van der Waals surface area (Å²) in [5, 5.41) is 1.08. The first-order valence-corrected chi connectivity index (χ1v) is 9.18. The van der Waals surface area contributed by atoms with Crippen molar-refractivity contribution in [2.75, 3.05) is 19.7 Å². The summed E-state index contributed by atoms with van der Waals surface area (Å²) in [6.07, 6.45) is 0.756. The zero-order valence-corrected chi connectivity index (χ0v) is 15.3. The number of benzene rings is 2. The third kappa shape index (κ3) is 4.03. The van der Waals surface area contributed by atoms with E-state index in [1.807, 2.05) is 67.6 Å². The molecule has 1 unspecified atom stereocenters. The number of aromatic nitrogens is 1. The summed E-state index contributed by atoms with van der Waals surface area (Å²) >= 11 is 0. The van der Waals surface area contributed by atoms with Gasteiger partial charge in [-0.2, -0.15) is 0 Å². The van der Waals surface area contributed by atoms with E-state index in [4.69, 9.17) is 9.47 Å². The number of likely N-dealkylation sites (tertiary alicyclic amines) is 1. The number of rotatable bonds is 5. The van der Waals surface area contributed by atoms with Gasteiger partial charge in [0.05, 0.1) is 12.1 Å². The monoisotopic (exact) mass is 362 g/mol. The molecule has 0 spiro atoms. The Bertz CT molecular complexity index is 957. The number of pyridine rings is 1. The molecule has 2 heterocycles. The molecule has 1 saturated heterocycles. The summed E-state index contributed by atoms with van der Waals surface area (Å²) < 4.78 is 11.7. The maximum Gasteiger partial charge on any atom is 0.260 e. The van der Waals surface area contributed by atoms with Gasteiger partial charge >= 0.3 is 0 Å². The molecule has 0 N–H and O–H groups in total. The van der Waals surface area contributed by atoms with Crippen LogP contribution in [0.5, 0.6) is 11.6 Å². The zero-order chi connectivity index (χ0) is 18.6. The second-order valence-corrected chi connectivity index (χ2v) is 6.76. The molecule has 0 bridgehead atoms. The predicted octanol–water partition coefficient (Wildman–Crippen LogP) is 3.60. The Morgan fingerprint density at radius 3 is 2.81 bits per heavy atom. The van der Waals surface area contributed by atoms with Gasteiger partial charge in [0.25, 0.3) is 5.91 Å². The van der Waals surface area contributed by atoms with Crippen LogP contribution in [0.2, 0.25) is 0 Å². The number of carbonyl (C=O) groups is 1. The third-order valence-electron chi connectivity index (χ3n) is 4.80. The highest BCUT2D eigenvalue weighted by atomic mass is 16.5. The molecule has 3 aromatic rings. The number of hydrogen-bond acceptors (Lipinski definition) is 4. The number of aryl methyl sites for hydroxylation is 1. The fraction of sp³-hybridized carbons (Fsp3) is 0.273. The van der Waals surface area contributed by atoms with Crippen LogP contribution in [-0.4, -0.2) is 41.6 Å². The minimum Gasteiger partial charge on any atom is -0.484 e. The van der Waals surface area contributed by atoms with Gasteiger partial charge in [-0.15, -0.1) is 0 Å². The highest BCUT2D eigenvalue weighted by molar-refractivity contribution is 5.79. The average molecular weight is 362 g/mol. The molecule has 1 fully saturated rings. The Balaban J connectivity index is 1.32. The lowest BCUT2D eigenvalue weighted by Crippen LogP contribution is -2.34. The van der Waals surface area contributed by atoms with E-state index in [-0.39, 0.29) is 18.6 Å². The van der Waals surface area contributed by atoms with E-state index in [1.54, 1.807) is 4.90 Å². The van der Waals surface area contributed by atoms with Crippen LogP contribution in [0.1, 0.15) is 12.0 Å². The summed E-state index contributed by atoms with van der Waals surface area (Å²) in [6, 6.07) is 19.5. The zero-order valence-electron chi connectivity index (χ0n) is 15.3. The van der Waals surface area contributed by atoms with Crippen molar-refractivity contribution in [3.05, 3.63) is 66.2 Å². The average Bonchev–Trinajstić information content (AvgIpc) is 3.15. The van der Waals surface area contributed by atoms with Gasteiger partial charge < -0.3 is 14.4 Å². The van der Waals surface area contributed by atoms with Crippen molar-refractivity contribution in [2.24, 2.45) is 0 Å². The number of amides is 1. The largest absolute Gasteiger partial charge is 0.484 e. The number of carbonyl (C=O) groups excluding carboxylic acids is 1. The molecule has 27 heavy (non-hydrogen) atoms. The smallest absolute Gasteiger partial charge is 0.260 e. The van der Waals surface area contributed by atoms with Gasteiger partial charge in [-0.1, -0.05) is 36.4 Å². The third-order valence-corrected chi connectivity index (χ3v) is 4.80. The van der Waals surface area contributed by atoms with Gasteiger partial charge in [0.15, 0.2) is 6.61 Å². The van der Waals surface area contributed by atoms with E-state index in [0.29, 0.717) is 19.0 Å². The molecule has 2 aromatic carbocycles. The van der Waals surface area contributed by atoms with E-state index in [9.17, 15) is 4.79 Å². The number of nitrogens with zero attached hydrogens (tertiary/aromatic N) is 2. The van der Waals surface area contributed by atoms with Crippen LogP contribution < -0.4 is 9.47 Å². The van der Waals surface area contributed by atoms with Crippen molar-refractivity contribution < 1.29 is 14.3 Å². The Hall–Kier alpha value is -3.08. The predicted molar refractivity (Wildman–Crippen MR) is 104 cm³/mol. The van der Waals surface area contributed by atoms with Crippen LogP contribution in [-0.2, 0) is 4.79 Å². The maximum atomic E-state index is 12.4. The number of hydrogen-bond donors (Lipinski definition) is 0. The van der Waals surface area contributed by atoms with Crippen LogP contribution in [0.4, 0.5) is 0 Å². The summed E-state index contributed by atoms with van der Waals surface area (Å²) in [6.45, 7) is 3.25. The van der Waals surface area contributed by atoms with E-state index in [1.165, 1.54) is 0 Å². The van der Waals surface area contributed by atoms with E-state index >= 15 is 0 Å². The lowest BCUT2D eigenvalue weighted by Gasteiger charge is -2.18. The minimum atomic E-state index is -0.0407. The van der Waals surface area contributed by atoms with Gasteiger partial charge in [-0.3, -0.25) is 4.79 Å². The molecular formula is C22H22N2O3. The summed E-state index contributed by atoms with van der Waals surface area (Å²) in [7, 11) is 0. The number of para-hydroxylation sites is 2. The van der Waals surface area contributed by atoms with Crippen molar-refractivity contribution in [1.29, 1.82) is 0 Å². The Labute approximate surface area is 158 Å². The van der Waals surface area contributed by atoms with Gasteiger partial charge in [0.1, 0.15) is 11.9 Å². The molecule has 1 aromatic heterocycles. The second kappa shape index (κ2) is 7.66. The molecule has 1 aliphatic rings. The first-order valence-electron chi connectivity index (χ1n) is 9.18. The highest BCUT2D eigenvalue weighted by Crippen LogP contribution is 2.21. The van der Waals surface area contributed by atoms with Gasteiger partial charge in [-0.05, 0) is 30.7 Å². The normalized spacial score (nSPS) is 16.5. The Morgan fingerprint density at radius 2 is 1.93 bits per heavy atom. The van der Waals surface area contributed by atoms with Gasteiger partial charge in [0.2, 0.25) is 5.88 Å². The van der Waals surface area contributed by atoms with Gasteiger partial charge in [0, 0.05) is 24.4 Å². The van der Waals surface area contributed by atoms with Crippen LogP contribution in [0.25, 0.3) is 10.9 Å². The highest BCUT2D eigenvalue weighted by Gasteiger charge is 2.28. The van der Waals surface area contributed by atoms with Crippen molar-refractivity contribution in [3.8, 4) is 11.6 Å². The fourth-order valence-corrected chi connectivity index (χ4v) is 3.28. The molecule has 5 heteroatoms. The van der Waals surface area contributed by atoms with Crippen LogP contribution in [0, 0.1) is 6.92 Å². The topological polar surface area (TPSA) is 51.7 Å². The molecule has 138 valence electrons. The quantitative estimate of drug-likeness (QED) is 0.696. The Morgan fingerprint density at radius 1 is 1.11 bits per heavy atom. The summed E-state index contributed by atoms with van der Waals surface area (Å²) in [5.74, 6) is 1.33. The molecule has 1 aliphatic heterocycles. The molecule has 0 aliphatic carbocycles. The fourth-order valence-electron chi connectivity index (χ4n) is 3.28. The van der Waals surface area contributed by atoms with Crippen LogP contribution >= 0.6 is 0 Å². The van der Waals surface area contributed by atoms with Crippen molar-refractivity contribution in [3.63, 3.8) is 0 Å². The first-order chi connectivity index (χ1) is 13.2. The van der Waals surface area contributed by atoms with Crippen LogP contribution in [0.15, 0.2) is 60.7 Å². The summed E-state index contributed by atoms with van der Waals surface area (Å²) in [5.41, 5.74) is 1.93. The lowest BCUT2D eigenvalue weighted by atomic mass is 10.2. The number of fused-ring (bicyclic) bond motifs is 1.